The molecule has 1 atom stereocenters. The highest BCUT2D eigenvalue weighted by Gasteiger charge is 2.03. The van der Waals surface area contributed by atoms with Crippen molar-refractivity contribution in [3.8, 4) is 11.5 Å². The van der Waals surface area contributed by atoms with Gasteiger partial charge < -0.3 is 9.84 Å². The molecule has 0 saturated heterocycles. The van der Waals surface area contributed by atoms with Crippen LogP contribution in [0.25, 0.3) is 0 Å². The third kappa shape index (κ3) is 2.90. The van der Waals surface area contributed by atoms with Gasteiger partial charge in [0, 0.05) is 0 Å². The second kappa shape index (κ2) is 5.23. The number of rotatable bonds is 3. The molecule has 2 nitrogen and oxygen atoms in total. The van der Waals surface area contributed by atoms with Gasteiger partial charge in [0.1, 0.15) is 11.5 Å². The molecular formula is C16H18O2. The predicted octanol–water partition coefficient (Wildman–Crippen LogP) is 4.15. The molecule has 0 aliphatic heterocycles. The van der Waals surface area contributed by atoms with Crippen molar-refractivity contribution in [2.45, 2.75) is 26.9 Å². The fraction of sp³-hybridized carbons (Fsp3) is 0.250. The van der Waals surface area contributed by atoms with E-state index in [1.807, 2.05) is 43.3 Å². The standard InChI is InChI=1S/C16H18O2/c1-11-4-9-16(12(2)10-11)18-15-7-5-14(6-8-15)13(3)17/h4-10,13,17H,1-3H3/t13-/m0/s1. The maximum absolute atomic E-state index is 9.44. The van der Waals surface area contributed by atoms with Crippen LogP contribution in [0.2, 0.25) is 0 Å². The minimum absolute atomic E-state index is 0.444. The third-order valence-electron chi connectivity index (χ3n) is 2.92. The van der Waals surface area contributed by atoms with Crippen molar-refractivity contribution in [2.24, 2.45) is 0 Å². The van der Waals surface area contributed by atoms with Crippen LogP contribution in [0.15, 0.2) is 42.5 Å². The van der Waals surface area contributed by atoms with E-state index in [0.717, 1.165) is 22.6 Å². The zero-order chi connectivity index (χ0) is 13.1. The summed E-state index contributed by atoms with van der Waals surface area (Å²) in [7, 11) is 0. The van der Waals surface area contributed by atoms with Gasteiger partial charge in [-0.3, -0.25) is 0 Å². The molecule has 0 amide bonds. The summed E-state index contributed by atoms with van der Waals surface area (Å²) < 4.78 is 5.82. The Morgan fingerprint density at radius 1 is 1.00 bits per heavy atom. The summed E-state index contributed by atoms with van der Waals surface area (Å²) >= 11 is 0. The fourth-order valence-electron chi connectivity index (χ4n) is 1.86. The van der Waals surface area contributed by atoms with Crippen molar-refractivity contribution in [2.75, 3.05) is 0 Å². The van der Waals surface area contributed by atoms with Crippen molar-refractivity contribution in [1.82, 2.24) is 0 Å². The lowest BCUT2D eigenvalue weighted by molar-refractivity contribution is 0.199. The van der Waals surface area contributed by atoms with Gasteiger partial charge >= 0.3 is 0 Å². The van der Waals surface area contributed by atoms with Gasteiger partial charge in [-0.15, -0.1) is 0 Å². The molecule has 0 radical (unpaired) electrons. The van der Waals surface area contributed by atoms with Crippen molar-refractivity contribution < 1.29 is 9.84 Å². The molecule has 0 aromatic heterocycles. The smallest absolute Gasteiger partial charge is 0.130 e. The Labute approximate surface area is 108 Å². The van der Waals surface area contributed by atoms with Crippen LogP contribution in [0.3, 0.4) is 0 Å². The molecule has 2 aromatic carbocycles. The average Bonchev–Trinajstić information content (AvgIpc) is 2.33. The van der Waals surface area contributed by atoms with Crippen LogP contribution >= 0.6 is 0 Å². The van der Waals surface area contributed by atoms with E-state index in [1.54, 1.807) is 6.92 Å². The molecule has 0 bridgehead atoms. The van der Waals surface area contributed by atoms with E-state index < -0.39 is 6.10 Å². The van der Waals surface area contributed by atoms with Crippen molar-refractivity contribution in [3.05, 3.63) is 59.2 Å². The maximum Gasteiger partial charge on any atom is 0.130 e. The molecule has 0 aliphatic rings. The third-order valence-corrected chi connectivity index (χ3v) is 2.92. The van der Waals surface area contributed by atoms with E-state index in [-0.39, 0.29) is 0 Å². The first-order valence-electron chi connectivity index (χ1n) is 6.09. The number of aliphatic hydroxyl groups is 1. The lowest BCUT2D eigenvalue weighted by Crippen LogP contribution is -1.92. The van der Waals surface area contributed by atoms with E-state index in [9.17, 15) is 5.11 Å². The number of aryl methyl sites for hydroxylation is 2. The lowest BCUT2D eigenvalue weighted by atomic mass is 10.1. The van der Waals surface area contributed by atoms with Gasteiger partial charge in [-0.1, -0.05) is 29.8 Å². The van der Waals surface area contributed by atoms with Gasteiger partial charge in [0.25, 0.3) is 0 Å². The highest BCUT2D eigenvalue weighted by molar-refractivity contribution is 5.40. The lowest BCUT2D eigenvalue weighted by Gasteiger charge is -2.10. The summed E-state index contributed by atoms with van der Waals surface area (Å²) in [6.07, 6.45) is -0.444. The molecule has 94 valence electrons. The summed E-state index contributed by atoms with van der Waals surface area (Å²) in [5, 5.41) is 9.44. The van der Waals surface area contributed by atoms with E-state index >= 15 is 0 Å². The Hall–Kier alpha value is -1.80. The Morgan fingerprint density at radius 3 is 2.22 bits per heavy atom. The molecule has 2 heteroatoms. The maximum atomic E-state index is 9.44. The summed E-state index contributed by atoms with van der Waals surface area (Å²) in [6.45, 7) is 5.85. The zero-order valence-electron chi connectivity index (χ0n) is 11.0. The Balaban J connectivity index is 2.18. The molecular weight excluding hydrogens is 224 g/mol. The fourth-order valence-corrected chi connectivity index (χ4v) is 1.86. The Morgan fingerprint density at radius 2 is 1.67 bits per heavy atom. The van der Waals surface area contributed by atoms with Crippen LogP contribution in [-0.2, 0) is 0 Å². The van der Waals surface area contributed by atoms with E-state index in [2.05, 4.69) is 13.0 Å². The highest BCUT2D eigenvalue weighted by atomic mass is 16.5. The van der Waals surface area contributed by atoms with Gasteiger partial charge in [-0.05, 0) is 50.1 Å². The van der Waals surface area contributed by atoms with E-state index in [1.165, 1.54) is 5.56 Å². The van der Waals surface area contributed by atoms with Gasteiger partial charge in [-0.2, -0.15) is 0 Å². The Kier molecular flexibility index (Phi) is 3.68. The molecule has 2 rings (SSSR count). The molecule has 0 fully saturated rings. The van der Waals surface area contributed by atoms with Gasteiger partial charge in [0.2, 0.25) is 0 Å². The molecule has 0 spiro atoms. The normalized spacial score (nSPS) is 12.2. The molecule has 1 N–H and O–H groups in total. The largest absolute Gasteiger partial charge is 0.457 e. The SMILES string of the molecule is Cc1ccc(Oc2ccc([C@H](C)O)cc2)c(C)c1. The van der Waals surface area contributed by atoms with Gasteiger partial charge in [0.05, 0.1) is 6.10 Å². The summed E-state index contributed by atoms with van der Waals surface area (Å²) in [5.74, 6) is 1.65. The molecule has 0 saturated carbocycles. The molecule has 0 unspecified atom stereocenters. The highest BCUT2D eigenvalue weighted by Crippen LogP contribution is 2.26. The van der Waals surface area contributed by atoms with Crippen molar-refractivity contribution in [3.63, 3.8) is 0 Å². The number of hydrogen-bond acceptors (Lipinski definition) is 2. The summed E-state index contributed by atoms with van der Waals surface area (Å²) in [6, 6.07) is 13.6. The minimum Gasteiger partial charge on any atom is -0.457 e. The van der Waals surface area contributed by atoms with Crippen LogP contribution in [0, 0.1) is 13.8 Å². The topological polar surface area (TPSA) is 29.5 Å². The second-order valence-corrected chi connectivity index (χ2v) is 4.62. The average molecular weight is 242 g/mol. The Bertz CT molecular complexity index is 527. The van der Waals surface area contributed by atoms with Crippen LogP contribution in [0.5, 0.6) is 11.5 Å². The number of hydrogen-bond donors (Lipinski definition) is 1. The van der Waals surface area contributed by atoms with E-state index in [4.69, 9.17) is 4.74 Å². The first kappa shape index (κ1) is 12.7. The first-order chi connectivity index (χ1) is 8.56. The van der Waals surface area contributed by atoms with E-state index in [0.29, 0.717) is 0 Å². The van der Waals surface area contributed by atoms with Crippen LogP contribution in [-0.4, -0.2) is 5.11 Å². The quantitative estimate of drug-likeness (QED) is 0.876. The number of benzene rings is 2. The molecule has 0 heterocycles. The summed E-state index contributed by atoms with van der Waals surface area (Å²) in [4.78, 5) is 0. The molecule has 18 heavy (non-hydrogen) atoms. The van der Waals surface area contributed by atoms with Crippen molar-refractivity contribution >= 4 is 0 Å². The summed E-state index contributed by atoms with van der Waals surface area (Å²) in [5.41, 5.74) is 3.24. The number of aliphatic hydroxyl groups excluding tert-OH is 1. The minimum atomic E-state index is -0.444. The van der Waals surface area contributed by atoms with Gasteiger partial charge in [0.15, 0.2) is 0 Å². The number of ether oxygens (including phenoxy) is 1. The van der Waals surface area contributed by atoms with Crippen LogP contribution in [0.4, 0.5) is 0 Å². The first-order valence-corrected chi connectivity index (χ1v) is 6.09. The van der Waals surface area contributed by atoms with Crippen LogP contribution in [0.1, 0.15) is 29.7 Å². The monoisotopic (exact) mass is 242 g/mol. The van der Waals surface area contributed by atoms with Gasteiger partial charge in [-0.25, -0.2) is 0 Å². The van der Waals surface area contributed by atoms with Crippen molar-refractivity contribution in [1.29, 1.82) is 0 Å². The predicted molar refractivity (Wildman–Crippen MR) is 73.1 cm³/mol. The second-order valence-electron chi connectivity index (χ2n) is 4.62. The molecule has 0 aliphatic carbocycles. The molecule has 2 aromatic rings. The zero-order valence-corrected chi connectivity index (χ0v) is 11.0. The van der Waals surface area contributed by atoms with Crippen LogP contribution < -0.4 is 4.74 Å².